The maximum Gasteiger partial charge on any atom is 0.387 e. The summed E-state index contributed by atoms with van der Waals surface area (Å²) < 4.78 is 29.5. The Morgan fingerprint density at radius 3 is 2.67 bits per heavy atom. The van der Waals surface area contributed by atoms with Gasteiger partial charge in [0.05, 0.1) is 5.38 Å². The maximum atomic E-state index is 12.1. The van der Waals surface area contributed by atoms with Crippen molar-refractivity contribution in [1.82, 2.24) is 0 Å². The van der Waals surface area contributed by atoms with Gasteiger partial charge in [-0.3, -0.25) is 0 Å². The molecule has 2 rings (SSSR count). The van der Waals surface area contributed by atoms with E-state index in [0.29, 0.717) is 0 Å². The molecule has 0 amide bonds. The summed E-state index contributed by atoms with van der Waals surface area (Å²) in [6, 6.07) is 8.32. The minimum atomic E-state index is -2.83. The molecule has 18 heavy (non-hydrogen) atoms. The Balaban J connectivity index is 2.25. The van der Waals surface area contributed by atoms with E-state index in [1.807, 2.05) is 11.4 Å². The molecule has 1 aromatic heterocycles. The zero-order valence-corrected chi connectivity index (χ0v) is 12.1. The van der Waals surface area contributed by atoms with Crippen molar-refractivity contribution in [1.29, 1.82) is 0 Å². The second-order valence-corrected chi connectivity index (χ2v) is 5.68. The van der Waals surface area contributed by atoms with Gasteiger partial charge in [-0.25, -0.2) is 0 Å². The molecule has 6 heteroatoms. The van der Waals surface area contributed by atoms with E-state index in [1.54, 1.807) is 12.1 Å². The topological polar surface area (TPSA) is 9.23 Å². The quantitative estimate of drug-likeness (QED) is 0.665. The summed E-state index contributed by atoms with van der Waals surface area (Å²) in [7, 11) is 0. The molecule has 1 atom stereocenters. The average Bonchev–Trinajstić information content (AvgIpc) is 2.74. The van der Waals surface area contributed by atoms with E-state index in [-0.39, 0.29) is 11.1 Å². The van der Waals surface area contributed by atoms with Gasteiger partial charge in [0.25, 0.3) is 0 Å². The maximum absolute atomic E-state index is 12.1. The first-order chi connectivity index (χ1) is 8.58. The molecule has 0 bridgehead atoms. The highest BCUT2D eigenvalue weighted by Gasteiger charge is 2.16. The molecule has 0 saturated heterocycles. The molecule has 2 aromatic rings. The van der Waals surface area contributed by atoms with Gasteiger partial charge in [0.1, 0.15) is 5.75 Å². The van der Waals surface area contributed by atoms with Crippen molar-refractivity contribution in [2.45, 2.75) is 12.0 Å². The van der Waals surface area contributed by atoms with Crippen LogP contribution < -0.4 is 4.74 Å². The molecule has 0 aliphatic rings. The molecule has 96 valence electrons. The Morgan fingerprint density at radius 2 is 2.06 bits per heavy atom. The first-order valence-electron chi connectivity index (χ1n) is 4.99. The fourth-order valence-electron chi connectivity index (χ4n) is 1.49. The minimum Gasteiger partial charge on any atom is -0.435 e. The van der Waals surface area contributed by atoms with Crippen molar-refractivity contribution in [3.8, 4) is 5.75 Å². The average molecular weight is 354 g/mol. The third kappa shape index (κ3) is 3.22. The van der Waals surface area contributed by atoms with Gasteiger partial charge in [-0.2, -0.15) is 8.78 Å². The van der Waals surface area contributed by atoms with Crippen LogP contribution in [0.4, 0.5) is 8.78 Å². The number of rotatable bonds is 4. The molecule has 1 nitrogen and oxygen atoms in total. The molecule has 0 aliphatic heterocycles. The second-order valence-electron chi connectivity index (χ2n) is 3.45. The summed E-state index contributed by atoms with van der Waals surface area (Å²) in [6.07, 6.45) is 0. The molecule has 1 unspecified atom stereocenters. The van der Waals surface area contributed by atoms with Gasteiger partial charge in [-0.15, -0.1) is 22.9 Å². The Bertz CT molecular complexity index is 532. The number of halogens is 4. The fourth-order valence-corrected chi connectivity index (χ4v) is 3.63. The third-order valence-electron chi connectivity index (χ3n) is 2.25. The van der Waals surface area contributed by atoms with Crippen LogP contribution in [0.1, 0.15) is 15.8 Å². The van der Waals surface area contributed by atoms with Crippen molar-refractivity contribution in [3.63, 3.8) is 0 Å². The van der Waals surface area contributed by atoms with Crippen LogP contribution in [0, 0.1) is 0 Å². The lowest BCUT2D eigenvalue weighted by molar-refractivity contribution is -0.0498. The van der Waals surface area contributed by atoms with Gasteiger partial charge in [0.15, 0.2) is 0 Å². The van der Waals surface area contributed by atoms with Crippen LogP contribution in [0.3, 0.4) is 0 Å². The lowest BCUT2D eigenvalue weighted by Crippen LogP contribution is -2.02. The molecule has 0 N–H and O–H groups in total. The fraction of sp³-hybridized carbons (Fsp3) is 0.167. The van der Waals surface area contributed by atoms with Gasteiger partial charge >= 0.3 is 6.61 Å². The lowest BCUT2D eigenvalue weighted by Gasteiger charge is -2.11. The van der Waals surface area contributed by atoms with E-state index in [0.717, 1.165) is 14.9 Å². The van der Waals surface area contributed by atoms with Gasteiger partial charge in [0.2, 0.25) is 0 Å². The highest BCUT2D eigenvalue weighted by molar-refractivity contribution is 9.10. The van der Waals surface area contributed by atoms with Crippen LogP contribution in [0.2, 0.25) is 0 Å². The largest absolute Gasteiger partial charge is 0.435 e. The van der Waals surface area contributed by atoms with Crippen LogP contribution >= 0.6 is 38.9 Å². The van der Waals surface area contributed by atoms with Crippen LogP contribution in [-0.2, 0) is 0 Å². The standard InChI is InChI=1S/C12H8BrClF2OS/c13-9-4-5-18-11(9)10(14)7-2-1-3-8(6-7)17-12(15)16/h1-6,10,12H. The van der Waals surface area contributed by atoms with Gasteiger partial charge in [-0.1, -0.05) is 12.1 Å². The summed E-state index contributed by atoms with van der Waals surface area (Å²) in [5.74, 6) is 0.112. The smallest absolute Gasteiger partial charge is 0.387 e. The van der Waals surface area contributed by atoms with E-state index in [9.17, 15) is 8.78 Å². The zero-order chi connectivity index (χ0) is 13.1. The van der Waals surface area contributed by atoms with E-state index in [1.165, 1.54) is 23.5 Å². The van der Waals surface area contributed by atoms with E-state index >= 15 is 0 Å². The van der Waals surface area contributed by atoms with Gasteiger partial charge in [-0.05, 0) is 45.1 Å². The van der Waals surface area contributed by atoms with Gasteiger partial charge in [0, 0.05) is 9.35 Å². The van der Waals surface area contributed by atoms with Crippen molar-refractivity contribution < 1.29 is 13.5 Å². The number of benzene rings is 1. The van der Waals surface area contributed by atoms with Gasteiger partial charge < -0.3 is 4.74 Å². The Kier molecular flexibility index (Phi) is 4.59. The Labute approximate surface area is 120 Å². The predicted octanol–water partition coefficient (Wildman–Crippen LogP) is 5.44. The summed E-state index contributed by atoms with van der Waals surface area (Å²) >= 11 is 11.2. The van der Waals surface area contributed by atoms with E-state index in [2.05, 4.69) is 20.7 Å². The number of ether oxygens (including phenoxy) is 1. The van der Waals surface area contributed by atoms with E-state index in [4.69, 9.17) is 11.6 Å². The summed E-state index contributed by atoms with van der Waals surface area (Å²) in [5, 5.41) is 1.52. The first kappa shape index (κ1) is 13.8. The molecule has 0 radical (unpaired) electrons. The van der Waals surface area contributed by atoms with Crippen LogP contribution in [0.15, 0.2) is 40.2 Å². The molecule has 1 aromatic carbocycles. The van der Waals surface area contributed by atoms with Crippen molar-refractivity contribution in [2.75, 3.05) is 0 Å². The summed E-state index contributed by atoms with van der Waals surface area (Å²) in [6.45, 7) is -2.83. The number of alkyl halides is 3. The van der Waals surface area contributed by atoms with Crippen molar-refractivity contribution >= 4 is 38.9 Å². The molecule has 0 aliphatic carbocycles. The van der Waals surface area contributed by atoms with Crippen LogP contribution in [-0.4, -0.2) is 6.61 Å². The highest BCUT2D eigenvalue weighted by Crippen LogP contribution is 2.38. The molecule has 0 saturated carbocycles. The van der Waals surface area contributed by atoms with E-state index < -0.39 is 6.61 Å². The van der Waals surface area contributed by atoms with Crippen molar-refractivity contribution in [3.05, 3.63) is 50.6 Å². The normalized spacial score (nSPS) is 12.7. The SMILES string of the molecule is FC(F)Oc1cccc(C(Cl)c2sccc2Br)c1. The molecule has 0 fully saturated rings. The molecular formula is C12H8BrClF2OS. The number of hydrogen-bond acceptors (Lipinski definition) is 2. The molecule has 0 spiro atoms. The first-order valence-corrected chi connectivity index (χ1v) is 7.10. The zero-order valence-electron chi connectivity index (χ0n) is 8.95. The second kappa shape index (κ2) is 5.99. The Morgan fingerprint density at radius 1 is 1.28 bits per heavy atom. The van der Waals surface area contributed by atoms with Crippen LogP contribution in [0.25, 0.3) is 0 Å². The lowest BCUT2D eigenvalue weighted by atomic mass is 10.1. The number of thiophene rings is 1. The molecule has 1 heterocycles. The third-order valence-corrected chi connectivity index (χ3v) is 4.79. The highest BCUT2D eigenvalue weighted by atomic mass is 79.9. The minimum absolute atomic E-state index is 0.112. The van der Waals surface area contributed by atoms with Crippen molar-refractivity contribution in [2.24, 2.45) is 0 Å². The summed E-state index contributed by atoms with van der Waals surface area (Å²) in [5.41, 5.74) is 0.720. The van der Waals surface area contributed by atoms with Crippen LogP contribution in [0.5, 0.6) is 5.75 Å². The molecular weight excluding hydrogens is 346 g/mol. The summed E-state index contributed by atoms with van der Waals surface area (Å²) in [4.78, 5) is 0.936. The Hall–Kier alpha value is -0.650. The monoisotopic (exact) mass is 352 g/mol. The predicted molar refractivity (Wildman–Crippen MR) is 72.8 cm³/mol. The number of hydrogen-bond donors (Lipinski definition) is 0.